The van der Waals surface area contributed by atoms with Gasteiger partial charge in [-0.2, -0.15) is 5.26 Å². The van der Waals surface area contributed by atoms with Crippen LogP contribution in [0.2, 0.25) is 0 Å². The fourth-order valence-corrected chi connectivity index (χ4v) is 3.52. The molecule has 0 atom stereocenters. The van der Waals surface area contributed by atoms with Crippen molar-refractivity contribution in [3.63, 3.8) is 0 Å². The number of anilines is 2. The van der Waals surface area contributed by atoms with Crippen molar-refractivity contribution >= 4 is 23.2 Å². The first-order chi connectivity index (χ1) is 13.6. The second-order valence-electron chi connectivity index (χ2n) is 6.84. The quantitative estimate of drug-likeness (QED) is 0.869. The normalized spacial score (nSPS) is 16.3. The van der Waals surface area contributed by atoms with E-state index in [2.05, 4.69) is 16.3 Å². The van der Waals surface area contributed by atoms with E-state index in [-0.39, 0.29) is 18.4 Å². The summed E-state index contributed by atoms with van der Waals surface area (Å²) >= 11 is 0. The summed E-state index contributed by atoms with van der Waals surface area (Å²) in [6.45, 7) is 2.85. The first-order valence-corrected chi connectivity index (χ1v) is 9.25. The van der Waals surface area contributed by atoms with Gasteiger partial charge >= 0.3 is 0 Å². The molecule has 7 nitrogen and oxygen atoms in total. The predicted octanol–water partition coefficient (Wildman–Crippen LogP) is 2.24. The van der Waals surface area contributed by atoms with E-state index in [1.165, 1.54) is 0 Å². The first-order valence-electron chi connectivity index (χ1n) is 9.25. The third kappa shape index (κ3) is 3.62. The molecule has 0 bridgehead atoms. The van der Waals surface area contributed by atoms with Crippen LogP contribution < -0.4 is 15.0 Å². The van der Waals surface area contributed by atoms with Gasteiger partial charge in [0.25, 0.3) is 11.8 Å². The number of nitrogens with one attached hydrogen (secondary N) is 1. The number of carbonyl (C=O) groups is 2. The molecular weight excluding hydrogens is 356 g/mol. The van der Waals surface area contributed by atoms with Crippen LogP contribution in [0.1, 0.15) is 22.3 Å². The van der Waals surface area contributed by atoms with Gasteiger partial charge < -0.3 is 19.9 Å². The van der Waals surface area contributed by atoms with Crippen molar-refractivity contribution in [1.82, 2.24) is 4.90 Å². The van der Waals surface area contributed by atoms with Crippen molar-refractivity contribution in [3.8, 4) is 11.8 Å². The number of nitrogens with zero attached hydrogens (tertiary/aromatic N) is 3. The number of benzene rings is 2. The molecule has 7 heteroatoms. The summed E-state index contributed by atoms with van der Waals surface area (Å²) in [5.41, 5.74) is 2.85. The zero-order valence-electron chi connectivity index (χ0n) is 15.4. The molecule has 0 aliphatic carbocycles. The summed E-state index contributed by atoms with van der Waals surface area (Å²) in [7, 11) is 0. The molecule has 0 spiro atoms. The topological polar surface area (TPSA) is 85.7 Å². The highest BCUT2D eigenvalue weighted by Crippen LogP contribution is 2.29. The van der Waals surface area contributed by atoms with Crippen LogP contribution in [0.25, 0.3) is 0 Å². The fraction of sp³-hybridized carbons (Fsp3) is 0.286. The fourth-order valence-electron chi connectivity index (χ4n) is 3.52. The van der Waals surface area contributed by atoms with E-state index >= 15 is 0 Å². The molecule has 0 saturated carbocycles. The Morgan fingerprint density at radius 3 is 2.68 bits per heavy atom. The second-order valence-corrected chi connectivity index (χ2v) is 6.84. The van der Waals surface area contributed by atoms with Gasteiger partial charge in [-0.3, -0.25) is 9.59 Å². The molecule has 0 aromatic heterocycles. The minimum atomic E-state index is -0.193. The number of amides is 2. The van der Waals surface area contributed by atoms with Gasteiger partial charge in [0.2, 0.25) is 0 Å². The Morgan fingerprint density at radius 1 is 1.07 bits per heavy atom. The molecule has 2 amide bonds. The van der Waals surface area contributed by atoms with Gasteiger partial charge in [0.15, 0.2) is 6.61 Å². The molecule has 0 unspecified atom stereocenters. The maximum Gasteiger partial charge on any atom is 0.262 e. The first kappa shape index (κ1) is 17.9. The lowest BCUT2D eigenvalue weighted by molar-refractivity contribution is -0.118. The van der Waals surface area contributed by atoms with Crippen LogP contribution >= 0.6 is 0 Å². The largest absolute Gasteiger partial charge is 0.482 e. The van der Waals surface area contributed by atoms with E-state index in [0.717, 1.165) is 25.2 Å². The number of carbonyl (C=O) groups excluding carboxylic acids is 2. The summed E-state index contributed by atoms with van der Waals surface area (Å²) in [5.74, 6) is 0.298. The number of hydrogen-bond acceptors (Lipinski definition) is 5. The SMILES string of the molecule is N#Cc1ccc(N2CCCN(C(=O)c3ccc4c(c3)OCC(=O)N4)CC2)cc1. The summed E-state index contributed by atoms with van der Waals surface area (Å²) in [6, 6.07) is 14.8. The molecule has 2 heterocycles. The number of hydrogen-bond donors (Lipinski definition) is 1. The summed E-state index contributed by atoms with van der Waals surface area (Å²) in [5, 5.41) is 11.7. The van der Waals surface area contributed by atoms with E-state index < -0.39 is 0 Å². The Morgan fingerprint density at radius 2 is 1.89 bits per heavy atom. The highest BCUT2D eigenvalue weighted by Gasteiger charge is 2.23. The van der Waals surface area contributed by atoms with Crippen molar-refractivity contribution in [2.24, 2.45) is 0 Å². The Kier molecular flexibility index (Phi) is 4.85. The standard InChI is InChI=1S/C21H20N4O3/c22-13-15-2-5-17(6-3-15)24-8-1-9-25(11-10-24)21(27)16-4-7-18-19(12-16)28-14-20(26)23-18/h2-7,12H,1,8-11,14H2,(H,23,26). The molecule has 142 valence electrons. The van der Waals surface area contributed by atoms with Crippen molar-refractivity contribution in [3.05, 3.63) is 53.6 Å². The average Bonchev–Trinajstić information content (AvgIpc) is 2.99. The predicted molar refractivity (Wildman–Crippen MR) is 104 cm³/mol. The maximum atomic E-state index is 13.0. The van der Waals surface area contributed by atoms with Crippen LogP contribution in [-0.2, 0) is 4.79 Å². The molecule has 0 radical (unpaired) electrons. The van der Waals surface area contributed by atoms with E-state index in [0.29, 0.717) is 35.7 Å². The van der Waals surface area contributed by atoms with Gasteiger partial charge in [0.05, 0.1) is 17.3 Å². The van der Waals surface area contributed by atoms with E-state index in [4.69, 9.17) is 10.00 Å². The molecule has 2 aliphatic rings. The molecule has 2 aromatic carbocycles. The lowest BCUT2D eigenvalue weighted by Gasteiger charge is -2.24. The van der Waals surface area contributed by atoms with Crippen LogP contribution in [0.15, 0.2) is 42.5 Å². The molecule has 28 heavy (non-hydrogen) atoms. The number of nitriles is 1. The summed E-state index contributed by atoms with van der Waals surface area (Å²) in [4.78, 5) is 28.4. The third-order valence-corrected chi connectivity index (χ3v) is 5.01. The highest BCUT2D eigenvalue weighted by atomic mass is 16.5. The van der Waals surface area contributed by atoms with Gasteiger partial charge in [-0.15, -0.1) is 0 Å². The van der Waals surface area contributed by atoms with Gasteiger partial charge in [-0.1, -0.05) is 0 Å². The number of rotatable bonds is 2. The maximum absolute atomic E-state index is 13.0. The zero-order chi connectivity index (χ0) is 19.5. The Balaban J connectivity index is 1.44. The Hall–Kier alpha value is -3.53. The van der Waals surface area contributed by atoms with Crippen molar-refractivity contribution in [1.29, 1.82) is 5.26 Å². The van der Waals surface area contributed by atoms with Crippen LogP contribution in [0.3, 0.4) is 0 Å². The number of ether oxygens (including phenoxy) is 1. The number of fused-ring (bicyclic) bond motifs is 1. The van der Waals surface area contributed by atoms with Gasteiger partial charge in [0.1, 0.15) is 5.75 Å². The van der Waals surface area contributed by atoms with E-state index in [1.807, 2.05) is 29.2 Å². The molecule has 1 fully saturated rings. The molecule has 1 N–H and O–H groups in total. The van der Waals surface area contributed by atoms with Crippen LogP contribution in [-0.4, -0.2) is 49.5 Å². The molecule has 2 aromatic rings. The molecule has 1 saturated heterocycles. The van der Waals surface area contributed by atoms with Crippen LogP contribution in [0, 0.1) is 11.3 Å². The van der Waals surface area contributed by atoms with Gasteiger partial charge in [-0.05, 0) is 48.9 Å². The van der Waals surface area contributed by atoms with Crippen molar-refractivity contribution < 1.29 is 14.3 Å². The third-order valence-electron chi connectivity index (χ3n) is 5.01. The smallest absolute Gasteiger partial charge is 0.262 e. The summed E-state index contributed by atoms with van der Waals surface area (Å²) < 4.78 is 5.42. The van der Waals surface area contributed by atoms with Gasteiger partial charge in [0, 0.05) is 37.4 Å². The van der Waals surface area contributed by atoms with Gasteiger partial charge in [-0.25, -0.2) is 0 Å². The van der Waals surface area contributed by atoms with Crippen LogP contribution in [0.4, 0.5) is 11.4 Å². The molecule has 2 aliphatic heterocycles. The lowest BCUT2D eigenvalue weighted by atomic mass is 10.1. The van der Waals surface area contributed by atoms with E-state index in [9.17, 15) is 9.59 Å². The second kappa shape index (κ2) is 7.61. The zero-order valence-corrected chi connectivity index (χ0v) is 15.4. The summed E-state index contributed by atoms with van der Waals surface area (Å²) in [6.07, 6.45) is 0.864. The lowest BCUT2D eigenvalue weighted by Crippen LogP contribution is -2.35. The van der Waals surface area contributed by atoms with Crippen LogP contribution in [0.5, 0.6) is 5.75 Å². The highest BCUT2D eigenvalue weighted by molar-refractivity contribution is 5.99. The average molecular weight is 376 g/mol. The van der Waals surface area contributed by atoms with E-state index in [1.54, 1.807) is 18.2 Å². The monoisotopic (exact) mass is 376 g/mol. The minimum absolute atomic E-state index is 0.0338. The van der Waals surface area contributed by atoms with Crippen molar-refractivity contribution in [2.75, 3.05) is 43.0 Å². The molecular formula is C21H20N4O3. The Labute approximate surface area is 163 Å². The van der Waals surface area contributed by atoms with Crippen molar-refractivity contribution in [2.45, 2.75) is 6.42 Å². The molecule has 4 rings (SSSR count). The Bertz CT molecular complexity index is 949. The minimum Gasteiger partial charge on any atom is -0.482 e.